The van der Waals surface area contributed by atoms with Crippen molar-refractivity contribution in [3.05, 3.63) is 47.8 Å². The van der Waals surface area contributed by atoms with E-state index in [1.54, 1.807) is 6.20 Å². The van der Waals surface area contributed by atoms with E-state index in [4.69, 9.17) is 0 Å². The highest BCUT2D eigenvalue weighted by Gasteiger charge is 2.42. The summed E-state index contributed by atoms with van der Waals surface area (Å²) in [6.45, 7) is 4.21. The van der Waals surface area contributed by atoms with E-state index in [1.165, 1.54) is 25.7 Å². The minimum Gasteiger partial charge on any atom is -0.349 e. The Kier molecular flexibility index (Phi) is 3.91. The van der Waals surface area contributed by atoms with Gasteiger partial charge >= 0.3 is 0 Å². The molecule has 1 aromatic carbocycles. The van der Waals surface area contributed by atoms with Crippen molar-refractivity contribution in [1.82, 2.24) is 15.1 Å². The zero-order chi connectivity index (χ0) is 16.7. The number of benzene rings is 1. The summed E-state index contributed by atoms with van der Waals surface area (Å²) < 4.78 is 1.81. The van der Waals surface area contributed by atoms with Gasteiger partial charge in [0, 0.05) is 24.0 Å². The first-order valence-electron chi connectivity index (χ1n) is 9.03. The van der Waals surface area contributed by atoms with E-state index in [2.05, 4.69) is 17.3 Å². The van der Waals surface area contributed by atoms with Crippen molar-refractivity contribution in [3.63, 3.8) is 0 Å². The first-order chi connectivity index (χ1) is 11.6. The van der Waals surface area contributed by atoms with Crippen molar-refractivity contribution in [3.8, 4) is 5.69 Å². The van der Waals surface area contributed by atoms with Crippen LogP contribution in [0.15, 0.2) is 36.7 Å². The maximum Gasteiger partial charge on any atom is 0.251 e. The fourth-order valence-electron chi connectivity index (χ4n) is 4.71. The van der Waals surface area contributed by atoms with Gasteiger partial charge in [-0.1, -0.05) is 12.5 Å². The smallest absolute Gasteiger partial charge is 0.251 e. The van der Waals surface area contributed by atoms with Crippen molar-refractivity contribution in [2.45, 2.75) is 45.6 Å². The summed E-state index contributed by atoms with van der Waals surface area (Å²) in [5, 5.41) is 7.53. The molecule has 0 radical (unpaired) electrons. The van der Waals surface area contributed by atoms with E-state index in [-0.39, 0.29) is 11.9 Å². The van der Waals surface area contributed by atoms with Gasteiger partial charge < -0.3 is 5.32 Å². The Labute approximate surface area is 143 Å². The van der Waals surface area contributed by atoms with Crippen LogP contribution in [0, 0.1) is 24.7 Å². The monoisotopic (exact) mass is 323 g/mol. The average molecular weight is 323 g/mol. The topological polar surface area (TPSA) is 46.9 Å². The number of amides is 1. The van der Waals surface area contributed by atoms with Gasteiger partial charge in [0.05, 0.1) is 5.69 Å². The highest BCUT2D eigenvalue weighted by Crippen LogP contribution is 2.49. The van der Waals surface area contributed by atoms with Crippen molar-refractivity contribution >= 4 is 5.91 Å². The second-order valence-electron chi connectivity index (χ2n) is 7.55. The van der Waals surface area contributed by atoms with Gasteiger partial charge in [0.15, 0.2) is 0 Å². The summed E-state index contributed by atoms with van der Waals surface area (Å²) in [7, 11) is 0. The SMILES string of the molecule is Cc1ccc(C(=O)N[C@@H](C)[C@H]2C[C@H]3CC[C@H]2C3)cc1-n1cccn1. The van der Waals surface area contributed by atoms with E-state index in [1.807, 2.05) is 42.1 Å². The molecule has 2 aliphatic carbocycles. The van der Waals surface area contributed by atoms with Gasteiger partial charge in [-0.2, -0.15) is 5.10 Å². The number of nitrogens with one attached hydrogen (secondary N) is 1. The molecule has 0 spiro atoms. The molecule has 1 N–H and O–H groups in total. The maximum absolute atomic E-state index is 12.7. The molecule has 24 heavy (non-hydrogen) atoms. The Hall–Kier alpha value is -2.10. The van der Waals surface area contributed by atoms with Gasteiger partial charge in [-0.25, -0.2) is 4.68 Å². The number of rotatable bonds is 4. The summed E-state index contributed by atoms with van der Waals surface area (Å²) >= 11 is 0. The molecule has 4 atom stereocenters. The van der Waals surface area contributed by atoms with Crippen LogP contribution in [0.3, 0.4) is 0 Å². The molecule has 0 unspecified atom stereocenters. The minimum atomic E-state index is 0.0266. The Morgan fingerprint density at radius 1 is 1.33 bits per heavy atom. The first kappa shape index (κ1) is 15.4. The van der Waals surface area contributed by atoms with Gasteiger partial charge in [-0.3, -0.25) is 4.79 Å². The van der Waals surface area contributed by atoms with Crippen LogP contribution in [-0.2, 0) is 0 Å². The molecule has 1 aromatic heterocycles. The van der Waals surface area contributed by atoms with Crippen molar-refractivity contribution < 1.29 is 4.79 Å². The molecule has 2 saturated carbocycles. The third kappa shape index (κ3) is 2.74. The lowest BCUT2D eigenvalue weighted by Crippen LogP contribution is -2.40. The van der Waals surface area contributed by atoms with Crippen LogP contribution in [0.1, 0.15) is 48.5 Å². The Morgan fingerprint density at radius 2 is 2.21 bits per heavy atom. The maximum atomic E-state index is 12.7. The average Bonchev–Trinajstić information content (AvgIpc) is 3.32. The number of hydrogen-bond donors (Lipinski definition) is 1. The van der Waals surface area contributed by atoms with Crippen LogP contribution in [0.5, 0.6) is 0 Å². The molecule has 126 valence electrons. The molecule has 1 amide bonds. The third-order valence-electron chi connectivity index (χ3n) is 6.02. The summed E-state index contributed by atoms with van der Waals surface area (Å²) in [4.78, 5) is 12.7. The molecule has 0 aliphatic heterocycles. The fraction of sp³-hybridized carbons (Fsp3) is 0.500. The summed E-state index contributed by atoms with van der Waals surface area (Å²) in [5.41, 5.74) is 2.78. The predicted octanol–water partition coefficient (Wildman–Crippen LogP) is 3.74. The number of aryl methyl sites for hydroxylation is 1. The van der Waals surface area contributed by atoms with Crippen LogP contribution >= 0.6 is 0 Å². The Balaban J connectivity index is 1.49. The molecule has 0 saturated heterocycles. The molecule has 4 nitrogen and oxygen atoms in total. The largest absolute Gasteiger partial charge is 0.349 e. The summed E-state index contributed by atoms with van der Waals surface area (Å²) in [5.74, 6) is 2.41. The molecule has 2 aliphatic rings. The van der Waals surface area contributed by atoms with Gasteiger partial charge in [-0.05, 0) is 74.6 Å². The highest BCUT2D eigenvalue weighted by molar-refractivity contribution is 5.95. The number of carbonyl (C=O) groups excluding carboxylic acids is 1. The van der Waals surface area contributed by atoms with Crippen LogP contribution in [0.2, 0.25) is 0 Å². The van der Waals surface area contributed by atoms with Gasteiger partial charge in [0.25, 0.3) is 5.91 Å². The van der Waals surface area contributed by atoms with Crippen molar-refractivity contribution in [2.75, 3.05) is 0 Å². The summed E-state index contributed by atoms with van der Waals surface area (Å²) in [6.07, 6.45) is 9.07. The fourth-order valence-corrected chi connectivity index (χ4v) is 4.71. The van der Waals surface area contributed by atoms with E-state index in [0.717, 1.165) is 23.1 Å². The molecular weight excluding hydrogens is 298 g/mol. The van der Waals surface area contributed by atoms with Crippen LogP contribution in [0.4, 0.5) is 0 Å². The molecule has 4 heteroatoms. The Morgan fingerprint density at radius 3 is 2.88 bits per heavy atom. The number of hydrogen-bond acceptors (Lipinski definition) is 2. The van der Waals surface area contributed by atoms with Crippen molar-refractivity contribution in [2.24, 2.45) is 17.8 Å². The number of fused-ring (bicyclic) bond motifs is 2. The first-order valence-corrected chi connectivity index (χ1v) is 9.03. The van der Waals surface area contributed by atoms with Gasteiger partial charge in [0.2, 0.25) is 0 Å². The standard InChI is InChI=1S/C20H25N3O/c1-13-4-6-17(12-19(13)23-9-3-8-21-23)20(24)22-14(2)18-11-15-5-7-16(18)10-15/h3-4,6,8-9,12,14-16,18H,5,7,10-11H2,1-2H3,(H,22,24)/t14-,15-,16-,18+/m0/s1. The van der Waals surface area contributed by atoms with E-state index < -0.39 is 0 Å². The van der Waals surface area contributed by atoms with Crippen LogP contribution in [0.25, 0.3) is 5.69 Å². The molecule has 1 heterocycles. The van der Waals surface area contributed by atoms with Crippen LogP contribution < -0.4 is 5.32 Å². The second kappa shape index (κ2) is 6.08. The number of aromatic nitrogens is 2. The molecule has 2 fully saturated rings. The van der Waals surface area contributed by atoms with Gasteiger partial charge in [-0.15, -0.1) is 0 Å². The molecule has 2 aromatic rings. The molecular formula is C20H25N3O. The number of carbonyl (C=O) groups is 1. The minimum absolute atomic E-state index is 0.0266. The number of nitrogens with zero attached hydrogens (tertiary/aromatic N) is 2. The van der Waals surface area contributed by atoms with E-state index in [0.29, 0.717) is 11.5 Å². The zero-order valence-electron chi connectivity index (χ0n) is 14.4. The second-order valence-corrected chi connectivity index (χ2v) is 7.55. The Bertz CT molecular complexity index is 737. The lowest BCUT2D eigenvalue weighted by molar-refractivity contribution is 0.0915. The molecule has 4 rings (SSSR count). The predicted molar refractivity (Wildman–Crippen MR) is 94.2 cm³/mol. The third-order valence-corrected chi connectivity index (χ3v) is 6.02. The van der Waals surface area contributed by atoms with Crippen LogP contribution in [-0.4, -0.2) is 21.7 Å². The zero-order valence-corrected chi connectivity index (χ0v) is 14.4. The van der Waals surface area contributed by atoms with E-state index in [9.17, 15) is 4.79 Å². The molecule has 2 bridgehead atoms. The highest BCUT2D eigenvalue weighted by atomic mass is 16.1. The van der Waals surface area contributed by atoms with Gasteiger partial charge in [0.1, 0.15) is 0 Å². The van der Waals surface area contributed by atoms with Crippen molar-refractivity contribution in [1.29, 1.82) is 0 Å². The normalized spacial score (nSPS) is 26.5. The quantitative estimate of drug-likeness (QED) is 0.932. The summed E-state index contributed by atoms with van der Waals surface area (Å²) in [6, 6.07) is 7.98. The lowest BCUT2D eigenvalue weighted by Gasteiger charge is -2.28. The van der Waals surface area contributed by atoms with E-state index >= 15 is 0 Å². The lowest BCUT2D eigenvalue weighted by atomic mass is 9.84.